The van der Waals surface area contributed by atoms with Gasteiger partial charge in [0.1, 0.15) is 0 Å². The van der Waals surface area contributed by atoms with Crippen LogP contribution in [0.2, 0.25) is 0 Å². The fourth-order valence-corrected chi connectivity index (χ4v) is 1.58. The molecule has 3 nitrogen and oxygen atoms in total. The van der Waals surface area contributed by atoms with Crippen molar-refractivity contribution in [1.29, 1.82) is 0 Å². The Kier molecular flexibility index (Phi) is 2.82. The van der Waals surface area contributed by atoms with Crippen molar-refractivity contribution in [2.24, 2.45) is 0 Å². The molecule has 0 N–H and O–H groups in total. The van der Waals surface area contributed by atoms with Gasteiger partial charge in [-0.25, -0.2) is 0 Å². The Labute approximate surface area is 84.1 Å². The summed E-state index contributed by atoms with van der Waals surface area (Å²) in [7, 11) is 3.21. The summed E-state index contributed by atoms with van der Waals surface area (Å²) in [5.41, 5.74) is 4.33. The van der Waals surface area contributed by atoms with Crippen molar-refractivity contribution in [1.82, 2.24) is 5.23 Å². The summed E-state index contributed by atoms with van der Waals surface area (Å²) in [4.78, 5) is 9.95. The van der Waals surface area contributed by atoms with Crippen molar-refractivity contribution in [2.45, 2.75) is 12.8 Å². The maximum atomic E-state index is 4.98. The summed E-state index contributed by atoms with van der Waals surface area (Å²) in [6.45, 7) is 0.756. The highest BCUT2D eigenvalue weighted by molar-refractivity contribution is 5.47. The quantitative estimate of drug-likeness (QED) is 0.673. The van der Waals surface area contributed by atoms with E-state index in [0.717, 1.165) is 13.0 Å². The van der Waals surface area contributed by atoms with Gasteiger partial charge in [0, 0.05) is 0 Å². The van der Waals surface area contributed by atoms with Crippen molar-refractivity contribution in [2.75, 3.05) is 20.8 Å². The molecule has 0 atom stereocenters. The van der Waals surface area contributed by atoms with Crippen LogP contribution in [-0.2, 0) is 22.5 Å². The second-order valence-corrected chi connectivity index (χ2v) is 3.45. The van der Waals surface area contributed by atoms with Gasteiger partial charge in [0.25, 0.3) is 0 Å². The van der Waals surface area contributed by atoms with Crippen molar-refractivity contribution >= 4 is 0 Å². The van der Waals surface area contributed by atoms with E-state index in [1.54, 1.807) is 14.2 Å². The molecule has 0 aliphatic heterocycles. The van der Waals surface area contributed by atoms with E-state index in [9.17, 15) is 0 Å². The molecule has 76 valence electrons. The van der Waals surface area contributed by atoms with Gasteiger partial charge in [-0.2, -0.15) is 0 Å². The molecular weight excluding hydrogens is 178 g/mol. The SMILES string of the molecule is CON(CCc1ccc2c(c1)C2)OC. The highest BCUT2D eigenvalue weighted by Crippen LogP contribution is 2.28. The summed E-state index contributed by atoms with van der Waals surface area (Å²) in [6.07, 6.45) is 2.13. The molecule has 1 aliphatic carbocycles. The molecule has 1 aromatic rings. The van der Waals surface area contributed by atoms with E-state index < -0.39 is 0 Å². The standard InChI is InChI=1S/C11H15NO2/c1-13-12(14-2)6-5-9-3-4-10-8-11(10)7-9/h3-4,7H,5-6,8H2,1-2H3. The molecule has 0 heterocycles. The van der Waals surface area contributed by atoms with E-state index >= 15 is 0 Å². The Balaban J connectivity index is 1.86. The van der Waals surface area contributed by atoms with Crippen molar-refractivity contribution < 1.29 is 9.68 Å². The molecule has 1 aliphatic rings. The first kappa shape index (κ1) is 9.65. The molecule has 0 radical (unpaired) electrons. The molecule has 0 aromatic heterocycles. The van der Waals surface area contributed by atoms with E-state index in [2.05, 4.69) is 18.2 Å². The first-order valence-corrected chi connectivity index (χ1v) is 4.80. The maximum Gasteiger partial charge on any atom is 0.0601 e. The molecule has 0 saturated heterocycles. The first-order valence-electron chi connectivity index (χ1n) is 4.80. The van der Waals surface area contributed by atoms with Crippen LogP contribution in [0.3, 0.4) is 0 Å². The van der Waals surface area contributed by atoms with Crippen LogP contribution in [0.1, 0.15) is 16.7 Å². The topological polar surface area (TPSA) is 21.7 Å². The van der Waals surface area contributed by atoms with E-state index in [0.29, 0.717) is 0 Å². The molecule has 0 amide bonds. The lowest BCUT2D eigenvalue weighted by atomic mass is 10.2. The average molecular weight is 193 g/mol. The maximum absolute atomic E-state index is 4.98. The summed E-state index contributed by atoms with van der Waals surface area (Å²) < 4.78 is 0. The smallest absolute Gasteiger partial charge is 0.0601 e. The van der Waals surface area contributed by atoms with E-state index in [1.165, 1.54) is 28.3 Å². The largest absolute Gasteiger partial charge is 0.278 e. The highest BCUT2D eigenvalue weighted by Gasteiger charge is 2.15. The number of benzene rings is 1. The van der Waals surface area contributed by atoms with Crippen LogP contribution in [0.15, 0.2) is 18.2 Å². The van der Waals surface area contributed by atoms with Gasteiger partial charge in [0.2, 0.25) is 0 Å². The number of hydrogen-bond acceptors (Lipinski definition) is 3. The molecule has 0 bridgehead atoms. The third-order valence-corrected chi connectivity index (χ3v) is 2.52. The Hall–Kier alpha value is -0.900. The second kappa shape index (κ2) is 4.09. The van der Waals surface area contributed by atoms with E-state index in [1.807, 2.05) is 0 Å². The van der Waals surface area contributed by atoms with Gasteiger partial charge in [-0.1, -0.05) is 23.4 Å². The minimum Gasteiger partial charge on any atom is -0.278 e. The lowest BCUT2D eigenvalue weighted by Crippen LogP contribution is -2.23. The van der Waals surface area contributed by atoms with Gasteiger partial charge in [-0.05, 0) is 29.5 Å². The van der Waals surface area contributed by atoms with Gasteiger partial charge in [-0.15, -0.1) is 0 Å². The number of rotatable bonds is 5. The number of nitrogens with zero attached hydrogens (tertiary/aromatic N) is 1. The van der Waals surface area contributed by atoms with Crippen LogP contribution < -0.4 is 0 Å². The predicted molar refractivity (Wildman–Crippen MR) is 53.7 cm³/mol. The lowest BCUT2D eigenvalue weighted by molar-refractivity contribution is -0.341. The molecule has 1 aromatic carbocycles. The van der Waals surface area contributed by atoms with Gasteiger partial charge >= 0.3 is 0 Å². The van der Waals surface area contributed by atoms with Crippen LogP contribution in [0.25, 0.3) is 0 Å². The van der Waals surface area contributed by atoms with Crippen molar-refractivity contribution in [3.63, 3.8) is 0 Å². The molecule has 0 saturated carbocycles. The normalized spacial score (nSPS) is 13.1. The third-order valence-electron chi connectivity index (χ3n) is 2.52. The zero-order valence-electron chi connectivity index (χ0n) is 8.62. The minimum absolute atomic E-state index is 0.756. The molecule has 2 rings (SSSR count). The minimum atomic E-state index is 0.756. The number of hydroxylamine groups is 2. The predicted octanol–water partition coefficient (Wildman–Crippen LogP) is 1.56. The number of fused-ring (bicyclic) bond motifs is 1. The fourth-order valence-electron chi connectivity index (χ4n) is 1.58. The highest BCUT2D eigenvalue weighted by atomic mass is 16.9. The molecule has 0 fully saturated rings. The Morgan fingerprint density at radius 3 is 2.64 bits per heavy atom. The zero-order chi connectivity index (χ0) is 9.97. The van der Waals surface area contributed by atoms with Crippen LogP contribution in [-0.4, -0.2) is 26.0 Å². The number of hydrogen-bond donors (Lipinski definition) is 0. The summed E-state index contributed by atoms with van der Waals surface area (Å²) in [6, 6.07) is 6.64. The lowest BCUT2D eigenvalue weighted by Gasteiger charge is -2.15. The van der Waals surface area contributed by atoms with Crippen LogP contribution in [0.4, 0.5) is 0 Å². The van der Waals surface area contributed by atoms with Crippen LogP contribution in [0.5, 0.6) is 0 Å². The van der Waals surface area contributed by atoms with E-state index in [4.69, 9.17) is 9.68 Å². The monoisotopic (exact) mass is 193 g/mol. The van der Waals surface area contributed by atoms with Crippen molar-refractivity contribution in [3.8, 4) is 0 Å². The van der Waals surface area contributed by atoms with Crippen LogP contribution >= 0.6 is 0 Å². The summed E-state index contributed by atoms with van der Waals surface area (Å²) in [5, 5.41) is 1.48. The third kappa shape index (κ3) is 2.12. The van der Waals surface area contributed by atoms with Crippen LogP contribution in [0, 0.1) is 0 Å². The molecule has 3 heteroatoms. The van der Waals surface area contributed by atoms with Gasteiger partial charge in [-0.3, -0.25) is 9.68 Å². The van der Waals surface area contributed by atoms with Gasteiger partial charge in [0.15, 0.2) is 0 Å². The molecule has 0 spiro atoms. The zero-order valence-corrected chi connectivity index (χ0v) is 8.62. The molecule has 14 heavy (non-hydrogen) atoms. The summed E-state index contributed by atoms with van der Waals surface area (Å²) in [5.74, 6) is 0. The van der Waals surface area contributed by atoms with Gasteiger partial charge < -0.3 is 0 Å². The molecule has 0 unspecified atom stereocenters. The second-order valence-electron chi connectivity index (χ2n) is 3.45. The average Bonchev–Trinajstić information content (AvgIpc) is 2.97. The van der Waals surface area contributed by atoms with Crippen molar-refractivity contribution in [3.05, 3.63) is 34.9 Å². The fraction of sp³-hybridized carbons (Fsp3) is 0.455. The summed E-state index contributed by atoms with van der Waals surface area (Å²) >= 11 is 0. The Bertz CT molecular complexity index is 321. The Morgan fingerprint density at radius 2 is 2.00 bits per heavy atom. The van der Waals surface area contributed by atoms with E-state index in [-0.39, 0.29) is 0 Å². The Morgan fingerprint density at radius 1 is 1.21 bits per heavy atom. The van der Waals surface area contributed by atoms with Gasteiger partial charge in [0.05, 0.1) is 20.8 Å². The first-order chi connectivity index (χ1) is 6.83. The molecular formula is C11H15NO2.